The number of nitrogens with zero attached hydrogens (tertiary/aromatic N) is 2. The quantitative estimate of drug-likeness (QED) is 0.831. The maximum Gasteiger partial charge on any atom is 0.128 e. The second-order valence-corrected chi connectivity index (χ2v) is 4.50. The molecule has 0 saturated heterocycles. The summed E-state index contributed by atoms with van der Waals surface area (Å²) in [5.41, 5.74) is 1.81. The van der Waals surface area contributed by atoms with Gasteiger partial charge < -0.3 is 4.74 Å². The van der Waals surface area contributed by atoms with Gasteiger partial charge in [-0.05, 0) is 38.1 Å². The van der Waals surface area contributed by atoms with Gasteiger partial charge in [-0.1, -0.05) is 0 Å². The molecule has 0 aliphatic carbocycles. The molecule has 0 atom stereocenters. The van der Waals surface area contributed by atoms with Crippen molar-refractivity contribution in [3.8, 4) is 22.4 Å². The highest BCUT2D eigenvalue weighted by molar-refractivity contribution is 7.15. The predicted molar refractivity (Wildman–Crippen MR) is 68.2 cm³/mol. The van der Waals surface area contributed by atoms with E-state index in [2.05, 4.69) is 11.1 Å². The third kappa shape index (κ3) is 2.45. The van der Waals surface area contributed by atoms with Crippen LogP contribution in [0.4, 0.5) is 0 Å². The molecule has 0 radical (unpaired) electrons. The second kappa shape index (κ2) is 4.98. The molecule has 0 bridgehead atoms. The molecule has 4 heteroatoms. The molecule has 0 unspecified atom stereocenters. The fourth-order valence-corrected chi connectivity index (χ4v) is 2.35. The number of aryl methyl sites for hydroxylation is 1. The number of thiazole rings is 1. The molecule has 1 aromatic heterocycles. The maximum absolute atomic E-state index is 8.89. The van der Waals surface area contributed by atoms with Crippen molar-refractivity contribution in [1.82, 2.24) is 4.98 Å². The van der Waals surface area contributed by atoms with Crippen LogP contribution in [0.5, 0.6) is 5.75 Å². The molecule has 17 heavy (non-hydrogen) atoms. The van der Waals surface area contributed by atoms with Crippen LogP contribution in [0.15, 0.2) is 24.3 Å². The molecular formula is C13H12N2OS. The lowest BCUT2D eigenvalue weighted by Crippen LogP contribution is -1.90. The number of ether oxygens (including phenoxy) is 1. The van der Waals surface area contributed by atoms with Gasteiger partial charge >= 0.3 is 0 Å². The summed E-state index contributed by atoms with van der Waals surface area (Å²) in [6, 6.07) is 9.91. The Labute approximate surface area is 104 Å². The SMILES string of the molecule is CCOc1ccc(-c2nc(C)c(C#N)s2)cc1. The molecule has 2 aromatic rings. The highest BCUT2D eigenvalue weighted by Gasteiger charge is 2.08. The molecule has 1 heterocycles. The predicted octanol–water partition coefficient (Wildman–Crippen LogP) is 3.39. The molecule has 0 fully saturated rings. The van der Waals surface area contributed by atoms with Crippen LogP contribution >= 0.6 is 11.3 Å². The standard InChI is InChI=1S/C13H12N2OS/c1-3-16-11-6-4-10(5-7-11)13-15-9(2)12(8-14)17-13/h4-7H,3H2,1-2H3. The maximum atomic E-state index is 8.89. The summed E-state index contributed by atoms with van der Waals surface area (Å²) in [7, 11) is 0. The Balaban J connectivity index is 2.30. The fraction of sp³-hybridized carbons (Fsp3) is 0.231. The Morgan fingerprint density at radius 3 is 2.59 bits per heavy atom. The Morgan fingerprint density at radius 2 is 2.06 bits per heavy atom. The number of hydrogen-bond acceptors (Lipinski definition) is 4. The lowest BCUT2D eigenvalue weighted by atomic mass is 10.2. The van der Waals surface area contributed by atoms with Crippen molar-refractivity contribution in [1.29, 1.82) is 5.26 Å². The van der Waals surface area contributed by atoms with Gasteiger partial charge in [0, 0.05) is 5.56 Å². The highest BCUT2D eigenvalue weighted by atomic mass is 32.1. The van der Waals surface area contributed by atoms with Gasteiger partial charge in [0.15, 0.2) is 0 Å². The van der Waals surface area contributed by atoms with Gasteiger partial charge in [0.05, 0.1) is 12.3 Å². The van der Waals surface area contributed by atoms with E-state index in [1.54, 1.807) is 0 Å². The summed E-state index contributed by atoms with van der Waals surface area (Å²) in [5.74, 6) is 0.852. The third-order valence-corrected chi connectivity index (χ3v) is 3.42. The van der Waals surface area contributed by atoms with Gasteiger partial charge in [0.2, 0.25) is 0 Å². The molecule has 3 nitrogen and oxygen atoms in total. The van der Waals surface area contributed by atoms with E-state index in [-0.39, 0.29) is 0 Å². The van der Waals surface area contributed by atoms with Crippen LogP contribution in [0.1, 0.15) is 17.5 Å². The summed E-state index contributed by atoms with van der Waals surface area (Å²) in [6.45, 7) is 4.47. The Bertz CT molecular complexity index is 552. The summed E-state index contributed by atoms with van der Waals surface area (Å²) < 4.78 is 5.38. The zero-order valence-corrected chi connectivity index (χ0v) is 10.5. The van der Waals surface area contributed by atoms with Crippen LogP contribution in [0.2, 0.25) is 0 Å². The first-order valence-corrected chi connectivity index (χ1v) is 6.17. The Hall–Kier alpha value is -1.86. The number of nitriles is 1. The van der Waals surface area contributed by atoms with E-state index in [1.165, 1.54) is 11.3 Å². The third-order valence-electron chi connectivity index (χ3n) is 2.31. The van der Waals surface area contributed by atoms with Crippen LogP contribution in [0.25, 0.3) is 10.6 Å². The van der Waals surface area contributed by atoms with Crippen LogP contribution in [0.3, 0.4) is 0 Å². The van der Waals surface area contributed by atoms with Crippen molar-refractivity contribution < 1.29 is 4.74 Å². The number of aromatic nitrogens is 1. The zero-order chi connectivity index (χ0) is 12.3. The van der Waals surface area contributed by atoms with E-state index < -0.39 is 0 Å². The van der Waals surface area contributed by atoms with E-state index in [1.807, 2.05) is 38.1 Å². The van der Waals surface area contributed by atoms with Crippen molar-refractivity contribution >= 4 is 11.3 Å². The number of hydrogen-bond donors (Lipinski definition) is 0. The zero-order valence-electron chi connectivity index (χ0n) is 9.73. The molecule has 0 spiro atoms. The van der Waals surface area contributed by atoms with Gasteiger partial charge in [-0.3, -0.25) is 0 Å². The second-order valence-electron chi connectivity index (χ2n) is 3.50. The van der Waals surface area contributed by atoms with Gasteiger partial charge in [0.25, 0.3) is 0 Å². The van der Waals surface area contributed by atoms with Crippen molar-refractivity contribution in [3.63, 3.8) is 0 Å². The largest absolute Gasteiger partial charge is 0.494 e. The van der Waals surface area contributed by atoms with Crippen LogP contribution in [-0.4, -0.2) is 11.6 Å². The van der Waals surface area contributed by atoms with Gasteiger partial charge in [-0.15, -0.1) is 11.3 Å². The van der Waals surface area contributed by atoms with Crippen LogP contribution in [0, 0.1) is 18.3 Å². The first-order valence-electron chi connectivity index (χ1n) is 5.35. The molecule has 0 aliphatic heterocycles. The molecule has 0 N–H and O–H groups in total. The monoisotopic (exact) mass is 244 g/mol. The first kappa shape index (κ1) is 11.6. The minimum Gasteiger partial charge on any atom is -0.494 e. The fourth-order valence-electron chi connectivity index (χ4n) is 1.48. The van der Waals surface area contributed by atoms with Crippen LogP contribution < -0.4 is 4.74 Å². The van der Waals surface area contributed by atoms with Crippen molar-refractivity contribution in [2.45, 2.75) is 13.8 Å². The van der Waals surface area contributed by atoms with E-state index in [0.717, 1.165) is 22.0 Å². The Morgan fingerprint density at radius 1 is 1.35 bits per heavy atom. The van der Waals surface area contributed by atoms with E-state index >= 15 is 0 Å². The first-order chi connectivity index (χ1) is 8.24. The highest BCUT2D eigenvalue weighted by Crippen LogP contribution is 2.28. The summed E-state index contributed by atoms with van der Waals surface area (Å²) >= 11 is 1.42. The molecule has 0 amide bonds. The molecule has 86 valence electrons. The topological polar surface area (TPSA) is 45.9 Å². The van der Waals surface area contributed by atoms with Crippen molar-refractivity contribution in [2.24, 2.45) is 0 Å². The molecular weight excluding hydrogens is 232 g/mol. The number of benzene rings is 1. The Kier molecular flexibility index (Phi) is 3.40. The normalized spacial score (nSPS) is 9.94. The van der Waals surface area contributed by atoms with Crippen molar-refractivity contribution in [2.75, 3.05) is 6.61 Å². The van der Waals surface area contributed by atoms with Crippen molar-refractivity contribution in [3.05, 3.63) is 34.8 Å². The molecule has 2 rings (SSSR count). The molecule has 0 aliphatic rings. The smallest absolute Gasteiger partial charge is 0.128 e. The van der Waals surface area contributed by atoms with E-state index in [0.29, 0.717) is 11.5 Å². The summed E-state index contributed by atoms with van der Waals surface area (Å²) in [6.07, 6.45) is 0. The minimum absolute atomic E-state index is 0.661. The van der Waals surface area contributed by atoms with Gasteiger partial charge in [-0.25, -0.2) is 4.98 Å². The van der Waals surface area contributed by atoms with Gasteiger partial charge in [-0.2, -0.15) is 5.26 Å². The average Bonchev–Trinajstić information content (AvgIpc) is 2.72. The lowest BCUT2D eigenvalue weighted by Gasteiger charge is -2.02. The summed E-state index contributed by atoms with van der Waals surface area (Å²) in [5, 5.41) is 9.77. The summed E-state index contributed by atoms with van der Waals surface area (Å²) in [4.78, 5) is 5.06. The van der Waals surface area contributed by atoms with Gasteiger partial charge in [0.1, 0.15) is 21.7 Å². The van der Waals surface area contributed by atoms with E-state index in [4.69, 9.17) is 10.00 Å². The number of rotatable bonds is 3. The molecule has 0 saturated carbocycles. The van der Waals surface area contributed by atoms with E-state index in [9.17, 15) is 0 Å². The van der Waals surface area contributed by atoms with Crippen LogP contribution in [-0.2, 0) is 0 Å². The minimum atomic E-state index is 0.661. The average molecular weight is 244 g/mol. The lowest BCUT2D eigenvalue weighted by molar-refractivity contribution is 0.340. The molecule has 1 aromatic carbocycles.